The molecule has 0 fully saturated rings. The predicted octanol–water partition coefficient (Wildman–Crippen LogP) is 3.94. The monoisotopic (exact) mass is 456 g/mol. The quantitative estimate of drug-likeness (QED) is 0.557. The lowest BCUT2D eigenvalue weighted by Gasteiger charge is -2.22. The summed E-state index contributed by atoms with van der Waals surface area (Å²) in [4.78, 5) is 12.7. The topological polar surface area (TPSA) is 75.7 Å². The minimum absolute atomic E-state index is 0.0178. The third-order valence-electron chi connectivity index (χ3n) is 5.17. The summed E-state index contributed by atoms with van der Waals surface area (Å²) in [5.41, 5.74) is 1.76. The minimum atomic E-state index is -3.94. The summed E-state index contributed by atoms with van der Waals surface area (Å²) in [5.74, 6) is -0.335. The van der Waals surface area contributed by atoms with Gasteiger partial charge in [0.15, 0.2) is 0 Å². The zero-order valence-corrected chi connectivity index (χ0v) is 18.9. The van der Waals surface area contributed by atoms with E-state index in [1.807, 2.05) is 0 Å². The fourth-order valence-corrected chi connectivity index (χ4v) is 4.52. The number of carbonyl (C=O) groups excluding carboxylic acids is 1. The van der Waals surface area contributed by atoms with Crippen molar-refractivity contribution in [2.75, 3.05) is 25.0 Å². The van der Waals surface area contributed by atoms with Gasteiger partial charge in [0.2, 0.25) is 0 Å². The number of methoxy groups -OCH3 is 1. The lowest BCUT2D eigenvalue weighted by molar-refractivity contribution is 0.0953. The van der Waals surface area contributed by atoms with E-state index in [4.69, 9.17) is 4.74 Å². The molecule has 0 aliphatic carbocycles. The second kappa shape index (κ2) is 9.82. The number of para-hydroxylation sites is 2. The zero-order valence-electron chi connectivity index (χ0n) is 18.1. The fourth-order valence-electron chi connectivity index (χ4n) is 3.29. The highest BCUT2D eigenvalue weighted by Gasteiger charge is 2.25. The van der Waals surface area contributed by atoms with Crippen molar-refractivity contribution < 1.29 is 22.3 Å². The molecule has 3 rings (SSSR count). The lowest BCUT2D eigenvalue weighted by Crippen LogP contribution is -2.29. The Hall–Kier alpha value is -3.39. The first kappa shape index (κ1) is 23.3. The van der Waals surface area contributed by atoms with Crippen molar-refractivity contribution >= 4 is 21.6 Å². The minimum Gasteiger partial charge on any atom is -0.495 e. The van der Waals surface area contributed by atoms with E-state index in [9.17, 15) is 17.6 Å². The van der Waals surface area contributed by atoms with E-state index in [1.54, 1.807) is 55.5 Å². The first-order valence-electron chi connectivity index (χ1n) is 10.00. The number of ether oxygens (including phenoxy) is 1. The van der Waals surface area contributed by atoms with Crippen LogP contribution in [-0.2, 0) is 16.4 Å². The van der Waals surface area contributed by atoms with Gasteiger partial charge in [-0.15, -0.1) is 0 Å². The van der Waals surface area contributed by atoms with Crippen LogP contribution in [0.3, 0.4) is 0 Å². The van der Waals surface area contributed by atoms with E-state index < -0.39 is 15.9 Å². The molecule has 8 heteroatoms. The van der Waals surface area contributed by atoms with Gasteiger partial charge in [-0.1, -0.05) is 36.4 Å². The van der Waals surface area contributed by atoms with Crippen LogP contribution >= 0.6 is 0 Å². The first-order chi connectivity index (χ1) is 15.3. The fraction of sp³-hybridized carbons (Fsp3) is 0.208. The van der Waals surface area contributed by atoms with E-state index in [-0.39, 0.29) is 22.8 Å². The molecular weight excluding hydrogens is 431 g/mol. The summed E-state index contributed by atoms with van der Waals surface area (Å²) in [6, 6.07) is 17.6. The number of nitrogens with one attached hydrogen (secondary N) is 1. The van der Waals surface area contributed by atoms with Crippen molar-refractivity contribution in [3.8, 4) is 5.75 Å². The van der Waals surface area contributed by atoms with Gasteiger partial charge in [-0.2, -0.15) is 0 Å². The maximum atomic E-state index is 13.8. The average Bonchev–Trinajstić information content (AvgIpc) is 2.79. The van der Waals surface area contributed by atoms with Gasteiger partial charge in [0.1, 0.15) is 11.6 Å². The molecule has 6 nitrogen and oxygen atoms in total. The van der Waals surface area contributed by atoms with E-state index in [1.165, 1.54) is 32.4 Å². The molecule has 0 saturated heterocycles. The highest BCUT2D eigenvalue weighted by atomic mass is 32.2. The molecule has 0 unspecified atom stereocenters. The third-order valence-corrected chi connectivity index (χ3v) is 6.94. The maximum absolute atomic E-state index is 13.8. The van der Waals surface area contributed by atoms with Crippen LogP contribution in [0.15, 0.2) is 71.6 Å². The van der Waals surface area contributed by atoms with Gasteiger partial charge in [0.25, 0.3) is 15.9 Å². The van der Waals surface area contributed by atoms with Crippen LogP contribution in [0, 0.1) is 12.7 Å². The van der Waals surface area contributed by atoms with Crippen LogP contribution in [0.2, 0.25) is 0 Å². The Balaban J connectivity index is 1.81. The van der Waals surface area contributed by atoms with Crippen LogP contribution in [0.5, 0.6) is 5.75 Å². The number of sulfonamides is 1. The average molecular weight is 457 g/mol. The smallest absolute Gasteiger partial charge is 0.264 e. The van der Waals surface area contributed by atoms with Crippen LogP contribution in [0.25, 0.3) is 0 Å². The highest BCUT2D eigenvalue weighted by Crippen LogP contribution is 2.31. The van der Waals surface area contributed by atoms with E-state index in [2.05, 4.69) is 5.32 Å². The van der Waals surface area contributed by atoms with Gasteiger partial charge in [-0.25, -0.2) is 12.8 Å². The van der Waals surface area contributed by atoms with E-state index >= 15 is 0 Å². The molecule has 1 amide bonds. The number of amides is 1. The number of aryl methyl sites for hydroxylation is 1. The second-order valence-electron chi connectivity index (χ2n) is 7.22. The molecule has 0 bridgehead atoms. The van der Waals surface area contributed by atoms with Crippen molar-refractivity contribution in [3.05, 3.63) is 89.2 Å². The zero-order chi connectivity index (χ0) is 23.3. The largest absolute Gasteiger partial charge is 0.495 e. The Bertz CT molecular complexity index is 1230. The van der Waals surface area contributed by atoms with Crippen LogP contribution < -0.4 is 14.4 Å². The molecule has 3 aromatic carbocycles. The lowest BCUT2D eigenvalue weighted by atomic mass is 10.1. The number of carbonyl (C=O) groups is 1. The molecule has 0 aromatic heterocycles. The Morgan fingerprint density at radius 1 is 1.06 bits per heavy atom. The van der Waals surface area contributed by atoms with Crippen molar-refractivity contribution in [1.29, 1.82) is 0 Å². The summed E-state index contributed by atoms with van der Waals surface area (Å²) in [6.45, 7) is 1.95. The molecule has 3 aromatic rings. The first-order valence-corrected chi connectivity index (χ1v) is 11.4. The molecule has 0 aliphatic rings. The Morgan fingerprint density at radius 2 is 1.75 bits per heavy atom. The number of rotatable bonds is 8. The van der Waals surface area contributed by atoms with Gasteiger partial charge in [0.05, 0.1) is 17.7 Å². The summed E-state index contributed by atoms with van der Waals surface area (Å²) >= 11 is 0. The highest BCUT2D eigenvalue weighted by molar-refractivity contribution is 7.92. The van der Waals surface area contributed by atoms with Gasteiger partial charge >= 0.3 is 0 Å². The Morgan fingerprint density at radius 3 is 2.47 bits per heavy atom. The van der Waals surface area contributed by atoms with E-state index in [0.717, 1.165) is 4.31 Å². The van der Waals surface area contributed by atoms with Crippen LogP contribution in [-0.4, -0.2) is 35.0 Å². The summed E-state index contributed by atoms with van der Waals surface area (Å²) < 4.78 is 46.6. The Labute approximate surface area is 187 Å². The van der Waals surface area contributed by atoms with Gasteiger partial charge < -0.3 is 10.1 Å². The molecule has 1 N–H and O–H groups in total. The van der Waals surface area contributed by atoms with Crippen molar-refractivity contribution in [1.82, 2.24) is 5.32 Å². The number of halogens is 1. The van der Waals surface area contributed by atoms with Gasteiger partial charge in [-0.3, -0.25) is 9.10 Å². The molecule has 0 heterocycles. The van der Waals surface area contributed by atoms with Crippen LogP contribution in [0.1, 0.15) is 21.5 Å². The predicted molar refractivity (Wildman–Crippen MR) is 122 cm³/mol. The number of hydrogen-bond acceptors (Lipinski definition) is 4. The normalized spacial score (nSPS) is 11.1. The molecule has 0 spiro atoms. The third kappa shape index (κ3) is 4.91. The number of nitrogens with zero attached hydrogens (tertiary/aromatic N) is 1. The van der Waals surface area contributed by atoms with Crippen molar-refractivity contribution in [2.45, 2.75) is 18.2 Å². The van der Waals surface area contributed by atoms with Crippen molar-refractivity contribution in [2.24, 2.45) is 0 Å². The maximum Gasteiger partial charge on any atom is 0.264 e. The molecule has 0 atom stereocenters. The molecule has 32 heavy (non-hydrogen) atoms. The summed E-state index contributed by atoms with van der Waals surface area (Å²) in [7, 11) is -1.04. The molecule has 168 valence electrons. The number of benzene rings is 3. The molecule has 0 aliphatic heterocycles. The summed E-state index contributed by atoms with van der Waals surface area (Å²) in [5, 5.41) is 2.74. The number of anilines is 1. The number of hydrogen-bond donors (Lipinski definition) is 1. The standard InChI is InChI=1S/C24H25FN2O4S/c1-17-12-13-19(32(29,30)27(2)22-10-6-7-11-23(22)31-3)16-20(17)24(28)26-15-14-18-8-4-5-9-21(18)25/h4-13,16H,14-15H2,1-3H3,(H,26,28). The molecular formula is C24H25FN2O4S. The molecule has 0 radical (unpaired) electrons. The van der Waals surface area contributed by atoms with E-state index in [0.29, 0.717) is 29.0 Å². The van der Waals surface area contributed by atoms with Crippen molar-refractivity contribution in [3.63, 3.8) is 0 Å². The van der Waals surface area contributed by atoms with Gasteiger partial charge in [0, 0.05) is 19.2 Å². The second-order valence-corrected chi connectivity index (χ2v) is 9.19. The van der Waals surface area contributed by atoms with Crippen LogP contribution in [0.4, 0.5) is 10.1 Å². The Kier molecular flexibility index (Phi) is 7.15. The SMILES string of the molecule is COc1ccccc1N(C)S(=O)(=O)c1ccc(C)c(C(=O)NCCc2ccccc2F)c1. The summed E-state index contributed by atoms with van der Waals surface area (Å²) in [6.07, 6.45) is 0.325. The van der Waals surface area contributed by atoms with Gasteiger partial charge in [-0.05, 0) is 54.8 Å². The molecule has 0 saturated carbocycles.